The fraction of sp³-hybridized carbons (Fsp3) is 0.200. The van der Waals surface area contributed by atoms with Crippen LogP contribution in [0.15, 0.2) is 101 Å². The van der Waals surface area contributed by atoms with Crippen molar-refractivity contribution in [2.24, 2.45) is 0 Å². The van der Waals surface area contributed by atoms with E-state index in [1.165, 1.54) is 18.2 Å². The zero-order chi connectivity index (χ0) is 27.5. The highest BCUT2D eigenvalue weighted by molar-refractivity contribution is 7.90. The Hall–Kier alpha value is -4.21. The van der Waals surface area contributed by atoms with Crippen molar-refractivity contribution in [2.75, 3.05) is 14.2 Å². The summed E-state index contributed by atoms with van der Waals surface area (Å²) < 4.78 is 40.2. The highest BCUT2D eigenvalue weighted by Gasteiger charge is 2.64. The van der Waals surface area contributed by atoms with Gasteiger partial charge in [-0.15, -0.1) is 0 Å². The molecule has 6 rings (SSSR count). The highest BCUT2D eigenvalue weighted by atomic mass is 32.2. The van der Waals surface area contributed by atoms with Crippen LogP contribution in [0.4, 0.5) is 0 Å². The van der Waals surface area contributed by atoms with Gasteiger partial charge in [0.2, 0.25) is 0 Å². The summed E-state index contributed by atoms with van der Waals surface area (Å²) in [5, 5.41) is 0.681. The molecule has 9 heteroatoms. The molecule has 2 atom stereocenters. The lowest BCUT2D eigenvalue weighted by Gasteiger charge is -2.34. The predicted octanol–water partition coefficient (Wildman–Crippen LogP) is 4.31. The zero-order valence-electron chi connectivity index (χ0n) is 21.6. The summed E-state index contributed by atoms with van der Waals surface area (Å²) in [5.41, 5.74) is 1.56. The fourth-order valence-corrected chi connectivity index (χ4v) is 7.80. The predicted molar refractivity (Wildman–Crippen MR) is 144 cm³/mol. The van der Waals surface area contributed by atoms with E-state index in [1.54, 1.807) is 42.5 Å². The Morgan fingerprint density at radius 2 is 1.44 bits per heavy atom. The maximum absolute atomic E-state index is 14.3. The van der Waals surface area contributed by atoms with Gasteiger partial charge in [0.15, 0.2) is 0 Å². The molecule has 0 fully saturated rings. The number of ether oxygens (including phenoxy) is 2. The summed E-state index contributed by atoms with van der Waals surface area (Å²) in [6.07, 6.45) is 0. The van der Waals surface area contributed by atoms with Crippen LogP contribution in [0.1, 0.15) is 29.8 Å². The highest BCUT2D eigenvalue weighted by Crippen LogP contribution is 2.63. The number of methoxy groups -OCH3 is 2. The second kappa shape index (κ2) is 8.93. The number of hydrogen-bond acceptors (Lipinski definition) is 7. The number of aromatic nitrogens is 1. The van der Waals surface area contributed by atoms with E-state index in [4.69, 9.17) is 9.47 Å². The first kappa shape index (κ1) is 25.1. The minimum absolute atomic E-state index is 0.0857. The largest absolute Gasteiger partial charge is 0.466 e. The molecule has 2 unspecified atom stereocenters. The van der Waals surface area contributed by atoms with Crippen molar-refractivity contribution in [3.63, 3.8) is 0 Å². The lowest BCUT2D eigenvalue weighted by Crippen LogP contribution is -2.39. The molecule has 2 aliphatic rings. The van der Waals surface area contributed by atoms with E-state index in [9.17, 15) is 18.0 Å². The van der Waals surface area contributed by atoms with Gasteiger partial charge in [-0.3, -0.25) is 4.90 Å². The summed E-state index contributed by atoms with van der Waals surface area (Å²) in [7, 11) is -1.58. The van der Waals surface area contributed by atoms with E-state index < -0.39 is 33.5 Å². The van der Waals surface area contributed by atoms with Gasteiger partial charge in [0.25, 0.3) is 10.0 Å². The van der Waals surface area contributed by atoms with Crippen molar-refractivity contribution in [3.8, 4) is 0 Å². The molecule has 4 aromatic rings. The number of rotatable bonds is 6. The fourth-order valence-electron chi connectivity index (χ4n) is 6.22. The van der Waals surface area contributed by atoms with E-state index in [1.807, 2.05) is 54.3 Å². The number of nitrogens with zero attached hydrogens (tertiary/aromatic N) is 2. The van der Waals surface area contributed by atoms with Gasteiger partial charge in [0.05, 0.1) is 53.1 Å². The Labute approximate surface area is 226 Å². The van der Waals surface area contributed by atoms with Gasteiger partial charge in [0, 0.05) is 17.5 Å². The third kappa shape index (κ3) is 3.36. The van der Waals surface area contributed by atoms with E-state index >= 15 is 0 Å². The molecule has 0 saturated carbocycles. The summed E-state index contributed by atoms with van der Waals surface area (Å²) in [5.74, 6) is -1.37. The summed E-state index contributed by atoms with van der Waals surface area (Å²) in [4.78, 5) is 28.8. The number of esters is 2. The SMILES string of the molecule is COC(=O)C1=C(C(=O)OC)C2(C)c3c(n(S(=O)(=O)c4ccccc4)c4ccccc34)C1N2Cc1ccccc1. The Bertz CT molecular complexity index is 1780. The summed E-state index contributed by atoms with van der Waals surface area (Å²) in [6.45, 7) is 2.19. The summed E-state index contributed by atoms with van der Waals surface area (Å²) in [6, 6.07) is 24.1. The molecule has 2 bridgehead atoms. The Balaban J connectivity index is 1.72. The number of carbonyl (C=O) groups is 2. The lowest BCUT2D eigenvalue weighted by molar-refractivity contribution is -0.139. The van der Waals surface area contributed by atoms with Crippen molar-refractivity contribution < 1.29 is 27.5 Å². The molecule has 39 heavy (non-hydrogen) atoms. The van der Waals surface area contributed by atoms with Crippen LogP contribution in [-0.4, -0.2) is 43.4 Å². The van der Waals surface area contributed by atoms with Gasteiger partial charge >= 0.3 is 11.9 Å². The third-order valence-electron chi connectivity index (χ3n) is 7.80. The molecule has 198 valence electrons. The quantitative estimate of drug-likeness (QED) is 0.335. The van der Waals surface area contributed by atoms with Crippen LogP contribution in [0.3, 0.4) is 0 Å². The molecular formula is C30H26N2O6S. The zero-order valence-corrected chi connectivity index (χ0v) is 22.4. The number of hydrogen-bond donors (Lipinski definition) is 0. The van der Waals surface area contributed by atoms with Gasteiger partial charge in [-0.25, -0.2) is 22.0 Å². The van der Waals surface area contributed by atoms with Gasteiger partial charge < -0.3 is 9.47 Å². The van der Waals surface area contributed by atoms with E-state index in [2.05, 4.69) is 0 Å². The van der Waals surface area contributed by atoms with Crippen LogP contribution in [0.2, 0.25) is 0 Å². The van der Waals surface area contributed by atoms with Gasteiger partial charge in [-0.05, 0) is 30.7 Å². The lowest BCUT2D eigenvalue weighted by atomic mass is 9.79. The molecule has 2 aliphatic heterocycles. The van der Waals surface area contributed by atoms with E-state index in [0.717, 1.165) is 5.56 Å². The molecule has 0 spiro atoms. The minimum atomic E-state index is -4.09. The first-order valence-corrected chi connectivity index (χ1v) is 13.9. The molecule has 0 N–H and O–H groups in total. The first-order valence-electron chi connectivity index (χ1n) is 12.4. The van der Waals surface area contributed by atoms with Gasteiger partial charge in [-0.1, -0.05) is 66.7 Å². The Morgan fingerprint density at radius 1 is 0.846 bits per heavy atom. The topological polar surface area (TPSA) is 94.9 Å². The Morgan fingerprint density at radius 3 is 2.08 bits per heavy atom. The third-order valence-corrected chi connectivity index (χ3v) is 9.54. The molecule has 0 radical (unpaired) electrons. The molecule has 3 heterocycles. The monoisotopic (exact) mass is 542 g/mol. The summed E-state index contributed by atoms with van der Waals surface area (Å²) >= 11 is 0. The van der Waals surface area contributed by atoms with Crippen molar-refractivity contribution in [1.82, 2.24) is 8.87 Å². The standard InChI is InChI=1S/C30H26N2O6S/c1-30-24-21-16-10-11-17-22(21)32(39(35,36)20-14-8-5-9-15-20)27(24)26(31(30)18-19-12-6-4-7-13-19)23(28(33)37-2)25(30)29(34)38-3/h4-17,26H,18H2,1-3H3. The molecular weight excluding hydrogens is 516 g/mol. The van der Waals surface area contributed by atoms with Crippen molar-refractivity contribution >= 4 is 32.9 Å². The minimum Gasteiger partial charge on any atom is -0.466 e. The smallest absolute Gasteiger partial charge is 0.336 e. The van der Waals surface area contributed by atoms with Crippen LogP contribution in [-0.2, 0) is 41.2 Å². The maximum Gasteiger partial charge on any atom is 0.336 e. The first-order chi connectivity index (χ1) is 18.8. The van der Waals surface area contributed by atoms with Crippen LogP contribution < -0.4 is 0 Å². The number of fused-ring (bicyclic) bond motifs is 7. The second-order valence-electron chi connectivity index (χ2n) is 9.72. The second-order valence-corrected chi connectivity index (χ2v) is 11.5. The average Bonchev–Trinajstić information content (AvgIpc) is 3.53. The Kier molecular flexibility index (Phi) is 5.74. The van der Waals surface area contributed by atoms with E-state index in [-0.39, 0.29) is 16.0 Å². The molecule has 1 aromatic heterocycles. The molecule has 3 aromatic carbocycles. The molecule has 0 amide bonds. The van der Waals surface area contributed by atoms with Crippen molar-refractivity contribution in [2.45, 2.75) is 29.9 Å². The van der Waals surface area contributed by atoms with Crippen LogP contribution >= 0.6 is 0 Å². The maximum atomic E-state index is 14.3. The van der Waals surface area contributed by atoms with E-state index in [0.29, 0.717) is 28.7 Å². The number of carbonyl (C=O) groups excluding carboxylic acids is 2. The number of benzene rings is 3. The van der Waals surface area contributed by atoms with Gasteiger partial charge in [-0.2, -0.15) is 0 Å². The van der Waals surface area contributed by atoms with Gasteiger partial charge in [0.1, 0.15) is 0 Å². The van der Waals surface area contributed by atoms with Crippen LogP contribution in [0.5, 0.6) is 0 Å². The van der Waals surface area contributed by atoms with Crippen molar-refractivity contribution in [1.29, 1.82) is 0 Å². The van der Waals surface area contributed by atoms with Crippen LogP contribution in [0, 0.1) is 0 Å². The molecule has 0 saturated heterocycles. The normalized spacial score (nSPS) is 20.3. The van der Waals surface area contributed by atoms with Crippen molar-refractivity contribution in [3.05, 3.63) is 113 Å². The molecule has 8 nitrogen and oxygen atoms in total. The average molecular weight is 543 g/mol. The molecule has 0 aliphatic carbocycles. The van der Waals surface area contributed by atoms with Crippen LogP contribution in [0.25, 0.3) is 10.9 Å². The number of para-hydroxylation sites is 1.